The SMILES string of the molecule is CC(=O)OC(Cl)(Cl)Cl.CC(C)CN(CC(C)C)c1ccc(OC(C)(C)C(=O)O)cc1NC(=O)Cc1cncnc1.COC(=O)C(C)(C)Oc1ccc(N(CC(C)C)CC(C)C)c(N)c1.COC(=O)C(C)(C)Oc1ccc(N(CC(C)C)CC(C)C)c(NC(=O)Cc2cncnc2)c1.Nc1cncnc1. The van der Waals surface area contributed by atoms with Gasteiger partial charge in [-0.3, -0.25) is 14.4 Å². The Kier molecular flexibility index (Phi) is 38.5. The number of nitrogens with one attached hydrogen (secondary N) is 2. The molecule has 0 aliphatic rings. The second kappa shape index (κ2) is 43.9. The summed E-state index contributed by atoms with van der Waals surface area (Å²) in [5, 5.41) is 15.4. The highest BCUT2D eigenvalue weighted by molar-refractivity contribution is 6.66. The highest BCUT2D eigenvalue weighted by Crippen LogP contribution is 2.37. The molecule has 6 aromatic rings. The van der Waals surface area contributed by atoms with Gasteiger partial charge in [0.05, 0.1) is 79.3 Å². The molecule has 0 saturated carbocycles. The number of anilines is 7. The highest BCUT2D eigenvalue weighted by atomic mass is 35.6. The summed E-state index contributed by atoms with van der Waals surface area (Å²) in [5.74, 6) is 1.16. The van der Waals surface area contributed by atoms with E-state index in [2.05, 4.69) is 143 Å². The maximum atomic E-state index is 12.9. The summed E-state index contributed by atoms with van der Waals surface area (Å²) in [6, 6.07) is 16.4. The van der Waals surface area contributed by atoms with Gasteiger partial charge in [0.25, 0.3) is 0 Å². The number of hydrogen-bond donors (Lipinski definition) is 5. The first kappa shape index (κ1) is 91.1. The first-order valence-corrected chi connectivity index (χ1v) is 35.2. The first-order valence-electron chi connectivity index (χ1n) is 34.1. The number of esters is 3. The van der Waals surface area contributed by atoms with Crippen molar-refractivity contribution in [3.8, 4) is 17.2 Å². The number of carboxylic acids is 1. The zero-order chi connectivity index (χ0) is 78.9. The fourth-order valence-corrected chi connectivity index (χ4v) is 10.2. The third kappa shape index (κ3) is 35.9. The van der Waals surface area contributed by atoms with Crippen molar-refractivity contribution in [2.24, 2.45) is 35.5 Å². The maximum Gasteiger partial charge on any atom is 0.349 e. The van der Waals surface area contributed by atoms with Crippen LogP contribution in [0.5, 0.6) is 17.2 Å². The number of ether oxygens (including phenoxy) is 6. The number of benzene rings is 3. The Bertz CT molecular complexity index is 3580. The molecule has 574 valence electrons. The summed E-state index contributed by atoms with van der Waals surface area (Å²) >= 11 is 15.0. The Balaban J connectivity index is 0.000000484. The standard InChI is InChI=1S/C25H36N4O4.C24H34N4O4.C19H32N2O3.C4H5N3.C3H3Cl3O2/c1-17(2)14-29(15-18(3)4)22-9-8-20(33-25(5,6)24(31)32-7)11-21(22)28-23(30)10-19-12-26-16-27-13-19;1-16(2)13-28(14-17(3)4)21-8-7-19(32-24(5,6)23(30)31)10-20(21)27-22(29)9-18-11-25-15-26-12-18;1-13(2)11-21(12-14(3)4)17-9-8-15(10-16(17)20)24-19(5,6)18(22)23-7;5-4-1-6-3-7-2-4;1-2(7)8-3(4,5)6/h8-9,11-13,16-18H,10,14-15H2,1-7H3,(H,28,30);7-8,10-12,15-17H,9,13-14H2,1-6H3,(H,27,29)(H,30,31);8-10,13-14H,11-12,20H2,1-7H3;1-3H,5H2;1H3. The van der Waals surface area contributed by atoms with E-state index in [0.717, 1.165) is 68.8 Å². The molecule has 0 saturated heterocycles. The van der Waals surface area contributed by atoms with E-state index in [-0.39, 0.29) is 24.7 Å². The van der Waals surface area contributed by atoms with Crippen LogP contribution in [0, 0.1) is 35.5 Å². The number of hydrogen-bond acceptors (Lipinski definition) is 23. The van der Waals surface area contributed by atoms with E-state index >= 15 is 0 Å². The summed E-state index contributed by atoms with van der Waals surface area (Å²) in [4.78, 5) is 101. The van der Waals surface area contributed by atoms with Crippen molar-refractivity contribution < 1.29 is 62.3 Å². The molecule has 6 rings (SSSR count). The monoisotopic (exact) mass is 1510 g/mol. The molecule has 3 heterocycles. The van der Waals surface area contributed by atoms with Gasteiger partial charge in [0.1, 0.15) is 36.2 Å². The van der Waals surface area contributed by atoms with Gasteiger partial charge < -0.3 is 70.3 Å². The number of carbonyl (C=O) groups is 6. The summed E-state index contributed by atoms with van der Waals surface area (Å²) in [6.07, 6.45) is 14.1. The number of halogens is 3. The quantitative estimate of drug-likeness (QED) is 0.0121. The number of carboxylic acid groups (broad SMARTS) is 1. The number of alkyl halides is 3. The number of methoxy groups -OCH3 is 2. The molecule has 0 atom stereocenters. The fourth-order valence-electron chi connectivity index (χ4n) is 9.83. The van der Waals surface area contributed by atoms with Crippen LogP contribution in [0.1, 0.15) is 143 Å². The van der Waals surface area contributed by atoms with Crippen LogP contribution in [-0.2, 0) is 55.8 Å². The molecule has 26 nitrogen and oxygen atoms in total. The van der Waals surface area contributed by atoms with E-state index in [0.29, 0.717) is 81.1 Å². The Labute approximate surface area is 629 Å². The lowest BCUT2D eigenvalue weighted by atomic mass is 10.1. The van der Waals surface area contributed by atoms with Crippen molar-refractivity contribution >= 4 is 110 Å². The van der Waals surface area contributed by atoms with Crippen LogP contribution in [0.25, 0.3) is 0 Å². The third-order valence-corrected chi connectivity index (χ3v) is 14.0. The number of carbonyl (C=O) groups excluding carboxylic acids is 5. The van der Waals surface area contributed by atoms with Gasteiger partial charge in [-0.1, -0.05) is 83.1 Å². The lowest BCUT2D eigenvalue weighted by Crippen LogP contribution is -2.39. The molecule has 0 fully saturated rings. The maximum absolute atomic E-state index is 12.9. The molecule has 104 heavy (non-hydrogen) atoms. The molecule has 0 radical (unpaired) electrons. The smallest absolute Gasteiger partial charge is 0.349 e. The van der Waals surface area contributed by atoms with E-state index < -0.39 is 44.7 Å². The molecular formula is C75H110Cl3N13O13. The lowest BCUT2D eigenvalue weighted by Gasteiger charge is -2.31. The molecule has 3 aromatic carbocycles. The second-order valence-corrected chi connectivity index (χ2v) is 30.6. The normalized spacial score (nSPS) is 11.3. The third-order valence-electron chi connectivity index (χ3n) is 13.8. The molecule has 0 aliphatic heterocycles. The lowest BCUT2D eigenvalue weighted by molar-refractivity contribution is -0.156. The van der Waals surface area contributed by atoms with Gasteiger partial charge in [-0.2, -0.15) is 0 Å². The number of aliphatic carboxylic acids is 1. The van der Waals surface area contributed by atoms with Crippen molar-refractivity contribution in [3.05, 3.63) is 122 Å². The van der Waals surface area contributed by atoms with Crippen molar-refractivity contribution in [1.29, 1.82) is 0 Å². The van der Waals surface area contributed by atoms with Crippen molar-refractivity contribution in [1.82, 2.24) is 29.9 Å². The number of nitrogen functional groups attached to an aromatic ring is 2. The van der Waals surface area contributed by atoms with Crippen LogP contribution in [0.15, 0.2) is 111 Å². The van der Waals surface area contributed by atoms with E-state index in [4.69, 9.17) is 70.0 Å². The fraction of sp³-hybridized carbons (Fsp3) is 0.520. The average Bonchev–Trinajstić information content (AvgIpc) is 0.639. The minimum atomic E-state index is -1.91. The van der Waals surface area contributed by atoms with Gasteiger partial charge in [0.15, 0.2) is 16.8 Å². The van der Waals surface area contributed by atoms with Crippen molar-refractivity contribution in [2.45, 2.75) is 165 Å². The van der Waals surface area contributed by atoms with Gasteiger partial charge in [-0.15, -0.1) is 0 Å². The Morgan fingerprint density at radius 3 is 1.00 bits per heavy atom. The highest BCUT2D eigenvalue weighted by Gasteiger charge is 2.34. The minimum Gasteiger partial charge on any atom is -0.478 e. The van der Waals surface area contributed by atoms with Gasteiger partial charge in [-0.25, -0.2) is 44.3 Å². The van der Waals surface area contributed by atoms with Crippen LogP contribution in [-0.4, -0.2) is 145 Å². The van der Waals surface area contributed by atoms with E-state index in [1.807, 2.05) is 30.3 Å². The Morgan fingerprint density at radius 2 is 0.750 bits per heavy atom. The average molecular weight is 1510 g/mol. The first-order chi connectivity index (χ1) is 48.4. The number of amides is 2. The predicted molar refractivity (Wildman–Crippen MR) is 412 cm³/mol. The topological polar surface area (TPSA) is 341 Å². The second-order valence-electron chi connectivity index (χ2n) is 28.4. The molecule has 2 amide bonds. The zero-order valence-corrected chi connectivity index (χ0v) is 66.4. The number of aromatic nitrogens is 6. The number of nitrogens with two attached hydrogens (primary N) is 2. The Morgan fingerprint density at radius 1 is 0.462 bits per heavy atom. The van der Waals surface area contributed by atoms with Crippen LogP contribution in [0.3, 0.4) is 0 Å². The predicted octanol–water partition coefficient (Wildman–Crippen LogP) is 13.8. The molecule has 0 bridgehead atoms. The van der Waals surface area contributed by atoms with Gasteiger partial charge in [-0.05, 0) is 159 Å². The molecule has 0 spiro atoms. The molecule has 3 aromatic heterocycles. The van der Waals surface area contributed by atoms with Crippen LogP contribution < -0.4 is 51.0 Å². The molecule has 0 unspecified atom stereocenters. The summed E-state index contributed by atoms with van der Waals surface area (Å²) in [7, 11) is 2.67. The van der Waals surface area contributed by atoms with Crippen LogP contribution in [0.4, 0.5) is 39.8 Å². The summed E-state index contributed by atoms with van der Waals surface area (Å²) in [5.41, 5.74) is 14.5. The largest absolute Gasteiger partial charge is 0.478 e. The summed E-state index contributed by atoms with van der Waals surface area (Å²) in [6.45, 7) is 42.0. The summed E-state index contributed by atoms with van der Waals surface area (Å²) < 4.78 is 29.2. The molecular weight excluding hydrogens is 1400 g/mol. The minimum absolute atomic E-state index is 0.125. The number of nitrogens with zero attached hydrogens (tertiary/aromatic N) is 9. The van der Waals surface area contributed by atoms with Crippen molar-refractivity contribution in [3.63, 3.8) is 0 Å². The van der Waals surface area contributed by atoms with E-state index in [9.17, 15) is 33.9 Å². The van der Waals surface area contributed by atoms with Crippen molar-refractivity contribution in [2.75, 3.05) is 90.3 Å². The molecule has 29 heteroatoms. The number of rotatable bonds is 30. The van der Waals surface area contributed by atoms with Gasteiger partial charge in [0, 0.05) is 89.2 Å². The van der Waals surface area contributed by atoms with E-state index in [1.165, 1.54) is 47.0 Å². The van der Waals surface area contributed by atoms with Crippen LogP contribution >= 0.6 is 34.8 Å². The van der Waals surface area contributed by atoms with Gasteiger partial charge in [0.2, 0.25) is 11.8 Å². The van der Waals surface area contributed by atoms with Crippen LogP contribution in [0.2, 0.25) is 0 Å². The zero-order valence-electron chi connectivity index (χ0n) is 64.2. The van der Waals surface area contributed by atoms with E-state index in [1.54, 1.807) is 89.1 Å². The van der Waals surface area contributed by atoms with Gasteiger partial charge >= 0.3 is 27.9 Å². The Hall–Kier alpha value is -9.01. The molecule has 7 N–H and O–H groups in total. The molecule has 0 aliphatic carbocycles.